The minimum atomic E-state index is -2.17. The van der Waals surface area contributed by atoms with Gasteiger partial charge in [0.2, 0.25) is 29.4 Å². The van der Waals surface area contributed by atoms with Gasteiger partial charge in [-0.05, 0) is 58.4 Å². The number of ketones is 3. The maximum absolute atomic E-state index is 14.0. The lowest BCUT2D eigenvalue weighted by Gasteiger charge is -2.43. The molecule has 2 aliphatic carbocycles. The summed E-state index contributed by atoms with van der Waals surface area (Å²) in [7, 11) is 1.31. The maximum atomic E-state index is 14.0. The number of carbonyl (C=O) groups is 7. The molecule has 0 aromatic heterocycles. The monoisotopic (exact) mass is 895 g/mol. The second-order valence-electron chi connectivity index (χ2n) is 18.0. The zero-order chi connectivity index (χ0) is 47.7. The number of benzene rings is 2. The fourth-order valence-electron chi connectivity index (χ4n) is 8.44. The molecule has 0 radical (unpaired) electrons. The molecule has 5 rings (SSSR count). The molecule has 10 atom stereocenters. The standard InChI is InChI=1S/C45H61N5O14/c1-18(2)13-27(49-41(57)20(5)46)43(59)47-21(6)42(58)50-28(14-19(3)4)44(60)48-26-15-31(63-22(7)36(26)52)64-30-17-45(61,23(8)51)16-25-33(30)40(56)35-34(38(25)54)37(53)24-11-10-12-29(62-9)32(24)39(35)55/h10-12,18-22,26-28,30-31,36,52,54,56,61H,13-17,46H2,1-9H3,(H,47,59)(H,48,60)(H,49,57)(H,50,58)/t20-,21-,22-,26-,27-,28-,30-,31-,36+,45-/m0/s1. The first-order chi connectivity index (χ1) is 29.9. The van der Waals surface area contributed by atoms with Crippen LogP contribution in [-0.2, 0) is 39.9 Å². The second-order valence-corrected chi connectivity index (χ2v) is 18.0. The van der Waals surface area contributed by atoms with E-state index in [-0.39, 0.29) is 59.1 Å². The average Bonchev–Trinajstić information content (AvgIpc) is 3.21. The molecular formula is C45H61N5O14. The van der Waals surface area contributed by atoms with Gasteiger partial charge in [-0.3, -0.25) is 33.6 Å². The smallest absolute Gasteiger partial charge is 0.243 e. The molecule has 0 spiro atoms. The Hall–Kier alpha value is -5.47. The predicted molar refractivity (Wildman–Crippen MR) is 228 cm³/mol. The molecule has 10 N–H and O–H groups in total. The lowest BCUT2D eigenvalue weighted by molar-refractivity contribution is -0.249. The minimum absolute atomic E-state index is 0.00939. The van der Waals surface area contributed by atoms with Gasteiger partial charge in [0.05, 0.1) is 48.1 Å². The third kappa shape index (κ3) is 10.2. The fraction of sp³-hybridized carbons (Fsp3) is 0.578. The molecule has 350 valence electrons. The fourth-order valence-corrected chi connectivity index (χ4v) is 8.44. The number of aliphatic hydroxyl groups excluding tert-OH is 1. The van der Waals surface area contributed by atoms with Crippen LogP contribution in [0.3, 0.4) is 0 Å². The number of Topliss-reactive ketones (excluding diaryl/α,β-unsaturated/α-hetero) is 1. The van der Waals surface area contributed by atoms with E-state index < -0.39 is 137 Å². The van der Waals surface area contributed by atoms with Crippen molar-refractivity contribution >= 4 is 41.0 Å². The Balaban J connectivity index is 1.38. The van der Waals surface area contributed by atoms with Gasteiger partial charge in [-0.25, -0.2) is 0 Å². The van der Waals surface area contributed by atoms with Crippen molar-refractivity contribution in [3.05, 3.63) is 51.6 Å². The maximum Gasteiger partial charge on any atom is 0.243 e. The molecule has 64 heavy (non-hydrogen) atoms. The van der Waals surface area contributed by atoms with Crippen LogP contribution in [0.15, 0.2) is 18.2 Å². The number of phenols is 2. The first-order valence-corrected chi connectivity index (χ1v) is 21.5. The van der Waals surface area contributed by atoms with Gasteiger partial charge in [-0.1, -0.05) is 39.8 Å². The van der Waals surface area contributed by atoms with Crippen LogP contribution < -0.4 is 31.7 Å². The third-order valence-electron chi connectivity index (χ3n) is 11.9. The molecule has 0 unspecified atom stereocenters. The molecule has 1 fully saturated rings. The number of phenolic OH excluding ortho intramolecular Hbond substituents is 2. The summed E-state index contributed by atoms with van der Waals surface area (Å²) >= 11 is 0. The molecule has 4 amide bonds. The van der Waals surface area contributed by atoms with Gasteiger partial charge in [0, 0.05) is 36.0 Å². The number of fused-ring (bicyclic) bond motifs is 3. The predicted octanol–water partition coefficient (Wildman–Crippen LogP) is 1.10. The third-order valence-corrected chi connectivity index (χ3v) is 11.9. The van der Waals surface area contributed by atoms with Crippen molar-refractivity contribution in [2.45, 2.75) is 148 Å². The Morgan fingerprint density at radius 1 is 0.859 bits per heavy atom. The number of ether oxygens (including phenoxy) is 3. The molecule has 3 aliphatic rings. The van der Waals surface area contributed by atoms with Gasteiger partial charge >= 0.3 is 0 Å². The van der Waals surface area contributed by atoms with Crippen LogP contribution >= 0.6 is 0 Å². The highest BCUT2D eigenvalue weighted by atomic mass is 16.7. The van der Waals surface area contributed by atoms with Crippen LogP contribution in [-0.4, -0.2) is 123 Å². The number of aliphatic hydroxyl groups is 2. The van der Waals surface area contributed by atoms with Gasteiger partial charge in [0.1, 0.15) is 47.1 Å². The number of carbonyl (C=O) groups excluding carboxylic acids is 7. The van der Waals surface area contributed by atoms with Crippen LogP contribution in [0.25, 0.3) is 0 Å². The highest BCUT2D eigenvalue weighted by Gasteiger charge is 2.50. The molecule has 19 heteroatoms. The van der Waals surface area contributed by atoms with Crippen molar-refractivity contribution in [2.75, 3.05) is 7.11 Å². The van der Waals surface area contributed by atoms with Crippen molar-refractivity contribution in [3.63, 3.8) is 0 Å². The summed E-state index contributed by atoms with van der Waals surface area (Å²) in [6.45, 7) is 12.9. The van der Waals surface area contributed by atoms with E-state index in [0.717, 1.165) is 6.92 Å². The van der Waals surface area contributed by atoms with Crippen molar-refractivity contribution < 1.29 is 68.2 Å². The van der Waals surface area contributed by atoms with E-state index in [9.17, 15) is 54.0 Å². The van der Waals surface area contributed by atoms with Crippen LogP contribution in [0.1, 0.15) is 130 Å². The Bertz CT molecular complexity index is 2190. The van der Waals surface area contributed by atoms with Gasteiger partial charge in [-0.2, -0.15) is 0 Å². The Labute approximate surface area is 371 Å². The Morgan fingerprint density at radius 2 is 1.45 bits per heavy atom. The minimum Gasteiger partial charge on any atom is -0.507 e. The topological polar surface area (TPSA) is 302 Å². The summed E-state index contributed by atoms with van der Waals surface area (Å²) < 4.78 is 17.7. The highest BCUT2D eigenvalue weighted by molar-refractivity contribution is 6.31. The van der Waals surface area contributed by atoms with Gasteiger partial charge in [0.25, 0.3) is 0 Å². The normalized spacial score (nSPS) is 24.6. The van der Waals surface area contributed by atoms with E-state index in [2.05, 4.69) is 21.3 Å². The number of nitrogens with two attached hydrogens (primary N) is 1. The zero-order valence-electron chi connectivity index (χ0n) is 37.6. The molecular weight excluding hydrogens is 835 g/mol. The molecule has 1 saturated heterocycles. The van der Waals surface area contributed by atoms with Gasteiger partial charge in [0.15, 0.2) is 17.9 Å². The summed E-state index contributed by atoms with van der Waals surface area (Å²) in [6, 6.07) is -0.868. The van der Waals surface area contributed by atoms with Crippen molar-refractivity contribution in [3.8, 4) is 17.2 Å². The van der Waals surface area contributed by atoms with Gasteiger partial charge < -0.3 is 61.6 Å². The first kappa shape index (κ1) is 49.5. The number of hydrogen-bond donors (Lipinski definition) is 9. The van der Waals surface area contributed by atoms with Crippen LogP contribution in [0.4, 0.5) is 0 Å². The van der Waals surface area contributed by atoms with E-state index in [1.165, 1.54) is 46.1 Å². The first-order valence-electron chi connectivity index (χ1n) is 21.5. The van der Waals surface area contributed by atoms with E-state index in [4.69, 9.17) is 19.9 Å². The number of aromatic hydroxyl groups is 2. The average molecular weight is 896 g/mol. The van der Waals surface area contributed by atoms with E-state index in [1.807, 2.05) is 27.7 Å². The number of amides is 4. The Kier molecular flexibility index (Phi) is 15.3. The summed E-state index contributed by atoms with van der Waals surface area (Å²) in [4.78, 5) is 93.8. The highest BCUT2D eigenvalue weighted by Crippen LogP contribution is 2.52. The number of rotatable bonds is 16. The quantitative estimate of drug-likeness (QED) is 0.0910. The largest absolute Gasteiger partial charge is 0.507 e. The molecule has 2 aromatic carbocycles. The zero-order valence-corrected chi connectivity index (χ0v) is 37.6. The number of hydrogen-bond acceptors (Lipinski definition) is 15. The van der Waals surface area contributed by atoms with Crippen molar-refractivity contribution in [1.29, 1.82) is 0 Å². The molecule has 2 aromatic rings. The van der Waals surface area contributed by atoms with Crippen LogP contribution in [0, 0.1) is 11.8 Å². The summed E-state index contributed by atoms with van der Waals surface area (Å²) in [5.74, 6) is -6.35. The summed E-state index contributed by atoms with van der Waals surface area (Å²) in [6.07, 6.45) is -5.89. The SMILES string of the molecule is COc1cccc2c1C(=O)c1c(O)c3c(c(O)c1C2=O)C[C@@](O)(C(C)=O)C[C@@H]3O[C@H]1C[C@H](NC(=O)[C@H](CC(C)C)NC(=O)[C@H](C)NC(=O)[C@H](CC(C)C)NC(=O)[C@H](C)N)[C@H](O)[C@H](C)O1. The van der Waals surface area contributed by atoms with Crippen LogP contribution in [0.2, 0.25) is 0 Å². The number of methoxy groups -OCH3 is 1. The molecule has 0 bridgehead atoms. The lowest BCUT2D eigenvalue weighted by atomic mass is 9.72. The molecule has 1 heterocycles. The van der Waals surface area contributed by atoms with Crippen LogP contribution in [0.5, 0.6) is 17.2 Å². The van der Waals surface area contributed by atoms with Crippen molar-refractivity contribution in [2.24, 2.45) is 17.6 Å². The summed E-state index contributed by atoms with van der Waals surface area (Å²) in [5, 5.41) is 57.1. The van der Waals surface area contributed by atoms with E-state index >= 15 is 0 Å². The molecule has 19 nitrogen and oxygen atoms in total. The van der Waals surface area contributed by atoms with E-state index in [0.29, 0.717) is 0 Å². The Morgan fingerprint density at radius 3 is 2.03 bits per heavy atom. The second kappa shape index (κ2) is 19.7. The van der Waals surface area contributed by atoms with E-state index in [1.54, 1.807) is 0 Å². The van der Waals surface area contributed by atoms with Gasteiger partial charge in [-0.15, -0.1) is 0 Å². The lowest BCUT2D eigenvalue weighted by Crippen LogP contribution is -2.60. The number of nitrogens with one attached hydrogen (secondary N) is 4. The molecule has 1 aliphatic heterocycles. The van der Waals surface area contributed by atoms with Crippen molar-refractivity contribution in [1.82, 2.24) is 21.3 Å². The molecule has 0 saturated carbocycles. The summed E-state index contributed by atoms with van der Waals surface area (Å²) in [5.41, 5.74) is 1.90.